The van der Waals surface area contributed by atoms with Crippen molar-refractivity contribution in [2.45, 2.75) is 27.3 Å². The molecule has 0 amide bonds. The Morgan fingerprint density at radius 3 is 2.29 bits per heavy atom. The maximum Gasteiger partial charge on any atom is 0.0300 e. The van der Waals surface area contributed by atoms with Gasteiger partial charge < -0.3 is 35.0 Å². The van der Waals surface area contributed by atoms with Crippen LogP contribution in [0.2, 0.25) is 0 Å². The Morgan fingerprint density at radius 2 is 1.82 bits per heavy atom. The van der Waals surface area contributed by atoms with Gasteiger partial charge in [-0.3, -0.25) is 0 Å². The first-order valence-corrected chi connectivity index (χ1v) is 6.56. The molecule has 0 fully saturated rings. The predicted molar refractivity (Wildman–Crippen MR) is 68.6 cm³/mol. The predicted octanol–water partition coefficient (Wildman–Crippen LogP) is -3.50. The Balaban J connectivity index is 0. The van der Waals surface area contributed by atoms with E-state index in [1.807, 2.05) is 11.3 Å². The monoisotopic (exact) mass is 296 g/mol. The minimum absolute atomic E-state index is 0. The Labute approximate surface area is 122 Å². The van der Waals surface area contributed by atoms with E-state index in [9.17, 15) is 0 Å². The molecule has 0 aliphatic heterocycles. The summed E-state index contributed by atoms with van der Waals surface area (Å²) in [5.41, 5.74) is 0. The highest BCUT2D eigenvalue weighted by molar-refractivity contribution is 7.11. The van der Waals surface area contributed by atoms with Gasteiger partial charge in [-0.2, -0.15) is 0 Å². The third-order valence-corrected chi connectivity index (χ3v) is 3.60. The number of halogens is 2. The van der Waals surface area contributed by atoms with Crippen molar-refractivity contribution in [1.82, 2.24) is 10.2 Å². The van der Waals surface area contributed by atoms with Crippen LogP contribution in [0.15, 0.2) is 12.1 Å². The van der Waals surface area contributed by atoms with Crippen molar-refractivity contribution in [3.63, 3.8) is 0 Å². The fraction of sp³-hybridized carbons (Fsp3) is 0.667. The van der Waals surface area contributed by atoms with Crippen LogP contribution in [0.1, 0.15) is 23.6 Å². The summed E-state index contributed by atoms with van der Waals surface area (Å²) in [6.45, 7) is 12.1. The number of nitrogens with zero attached hydrogens (tertiary/aromatic N) is 1. The maximum atomic E-state index is 3.48. The van der Waals surface area contributed by atoms with Crippen LogP contribution in [0.5, 0.6) is 0 Å². The summed E-state index contributed by atoms with van der Waals surface area (Å²) in [5.74, 6) is 0. The van der Waals surface area contributed by atoms with Crippen LogP contribution < -0.4 is 30.1 Å². The normalized spacial score (nSPS) is 9.88. The number of aryl methyl sites for hydroxylation is 1. The molecule has 0 saturated heterocycles. The maximum absolute atomic E-state index is 3.48. The van der Waals surface area contributed by atoms with E-state index in [0.717, 1.165) is 32.7 Å². The minimum atomic E-state index is 0. The lowest BCUT2D eigenvalue weighted by Crippen LogP contribution is -3.00. The molecule has 0 radical (unpaired) electrons. The van der Waals surface area contributed by atoms with E-state index in [4.69, 9.17) is 0 Å². The van der Waals surface area contributed by atoms with Gasteiger partial charge in [0, 0.05) is 29.4 Å². The fourth-order valence-electron chi connectivity index (χ4n) is 1.57. The van der Waals surface area contributed by atoms with E-state index in [2.05, 4.69) is 43.1 Å². The van der Waals surface area contributed by atoms with Gasteiger partial charge in [-0.1, -0.05) is 13.8 Å². The van der Waals surface area contributed by atoms with E-state index < -0.39 is 0 Å². The zero-order chi connectivity index (χ0) is 11.1. The number of rotatable bonds is 7. The number of hydrogen-bond acceptors (Lipinski definition) is 3. The summed E-state index contributed by atoms with van der Waals surface area (Å²) in [4.78, 5) is 5.27. The highest BCUT2D eigenvalue weighted by Gasteiger charge is 1.99. The molecule has 2 nitrogen and oxygen atoms in total. The van der Waals surface area contributed by atoms with Crippen molar-refractivity contribution in [3.8, 4) is 0 Å². The zero-order valence-corrected chi connectivity index (χ0v) is 13.1. The van der Waals surface area contributed by atoms with Crippen LogP contribution >= 0.6 is 11.3 Å². The molecular formula is C12H22Cl2N2S-2. The first-order valence-electron chi connectivity index (χ1n) is 5.74. The fourth-order valence-corrected chi connectivity index (χ4v) is 2.43. The van der Waals surface area contributed by atoms with Crippen molar-refractivity contribution in [2.75, 3.05) is 26.2 Å². The van der Waals surface area contributed by atoms with Gasteiger partial charge in [0.25, 0.3) is 0 Å². The van der Waals surface area contributed by atoms with E-state index in [0.29, 0.717) is 0 Å². The SMILES string of the molecule is CCN(CC)CCNCc1ccc(C)s1.[Cl-].[Cl-]. The Morgan fingerprint density at radius 1 is 1.18 bits per heavy atom. The molecule has 0 unspecified atom stereocenters. The zero-order valence-electron chi connectivity index (χ0n) is 10.8. The Hall–Kier alpha value is 0.200. The molecule has 5 heteroatoms. The van der Waals surface area contributed by atoms with Crippen molar-refractivity contribution < 1.29 is 24.8 Å². The molecule has 1 rings (SSSR count). The van der Waals surface area contributed by atoms with Gasteiger partial charge in [0.2, 0.25) is 0 Å². The molecule has 17 heavy (non-hydrogen) atoms. The molecule has 0 atom stereocenters. The average Bonchev–Trinajstić information content (AvgIpc) is 2.65. The minimum Gasteiger partial charge on any atom is -1.00 e. The quantitative estimate of drug-likeness (QED) is 0.526. The molecule has 1 aromatic rings. The highest BCUT2D eigenvalue weighted by Crippen LogP contribution is 2.14. The van der Waals surface area contributed by atoms with Crippen LogP contribution in [0.25, 0.3) is 0 Å². The molecule has 102 valence electrons. The molecular weight excluding hydrogens is 275 g/mol. The molecule has 1 heterocycles. The van der Waals surface area contributed by atoms with Gasteiger partial charge in [0.15, 0.2) is 0 Å². The first kappa shape index (κ1) is 19.5. The molecule has 0 bridgehead atoms. The van der Waals surface area contributed by atoms with Gasteiger partial charge in [-0.15, -0.1) is 11.3 Å². The van der Waals surface area contributed by atoms with Gasteiger partial charge >= 0.3 is 0 Å². The van der Waals surface area contributed by atoms with Crippen molar-refractivity contribution in [3.05, 3.63) is 21.9 Å². The van der Waals surface area contributed by atoms with Crippen molar-refractivity contribution >= 4 is 11.3 Å². The smallest absolute Gasteiger partial charge is 0.0300 e. The van der Waals surface area contributed by atoms with Gasteiger partial charge in [0.05, 0.1) is 0 Å². The standard InChI is InChI=1S/C12H22N2S.2ClH/c1-4-14(5-2)9-8-13-10-12-7-6-11(3)15-12;;/h6-7,13H,4-5,8-10H2,1-3H3;2*1H/p-2. The number of thiophene rings is 1. The van der Waals surface area contributed by atoms with E-state index >= 15 is 0 Å². The topological polar surface area (TPSA) is 15.3 Å². The first-order chi connectivity index (χ1) is 7.26. The molecule has 1 aromatic heterocycles. The van der Waals surface area contributed by atoms with Crippen molar-refractivity contribution in [1.29, 1.82) is 0 Å². The average molecular weight is 297 g/mol. The summed E-state index contributed by atoms with van der Waals surface area (Å²) >= 11 is 1.88. The molecule has 0 aliphatic rings. The summed E-state index contributed by atoms with van der Waals surface area (Å²) in [6, 6.07) is 4.40. The lowest BCUT2D eigenvalue weighted by atomic mass is 10.4. The van der Waals surface area contributed by atoms with Gasteiger partial charge in [-0.25, -0.2) is 0 Å². The van der Waals surface area contributed by atoms with Crippen LogP contribution in [-0.2, 0) is 6.54 Å². The highest BCUT2D eigenvalue weighted by atomic mass is 35.5. The second kappa shape index (κ2) is 11.3. The van der Waals surface area contributed by atoms with E-state index in [-0.39, 0.29) is 24.8 Å². The Bertz CT molecular complexity index is 275. The van der Waals surface area contributed by atoms with Crippen LogP contribution in [0.3, 0.4) is 0 Å². The largest absolute Gasteiger partial charge is 1.00 e. The summed E-state index contributed by atoms with van der Waals surface area (Å²) in [5, 5.41) is 3.48. The number of hydrogen-bond donors (Lipinski definition) is 1. The summed E-state index contributed by atoms with van der Waals surface area (Å²) in [7, 11) is 0. The third kappa shape index (κ3) is 8.01. The second-order valence-corrected chi connectivity index (χ2v) is 5.09. The molecule has 0 spiro atoms. The van der Waals surface area contributed by atoms with Gasteiger partial charge in [0.1, 0.15) is 0 Å². The lowest BCUT2D eigenvalue weighted by Gasteiger charge is -2.17. The third-order valence-electron chi connectivity index (χ3n) is 2.59. The van der Waals surface area contributed by atoms with Gasteiger partial charge in [-0.05, 0) is 32.1 Å². The summed E-state index contributed by atoms with van der Waals surface area (Å²) in [6.07, 6.45) is 0. The molecule has 0 saturated carbocycles. The summed E-state index contributed by atoms with van der Waals surface area (Å²) < 4.78 is 0. The lowest BCUT2D eigenvalue weighted by molar-refractivity contribution is -0.00100. The molecule has 0 aliphatic carbocycles. The van der Waals surface area contributed by atoms with E-state index in [1.165, 1.54) is 9.75 Å². The van der Waals surface area contributed by atoms with E-state index in [1.54, 1.807) is 0 Å². The molecule has 0 aromatic carbocycles. The van der Waals surface area contributed by atoms with Crippen LogP contribution in [-0.4, -0.2) is 31.1 Å². The number of nitrogens with one attached hydrogen (secondary N) is 1. The molecule has 1 N–H and O–H groups in total. The van der Waals surface area contributed by atoms with Crippen LogP contribution in [0, 0.1) is 6.92 Å². The Kier molecular flexibility index (Phi) is 13.0. The van der Waals surface area contributed by atoms with Crippen LogP contribution in [0.4, 0.5) is 0 Å². The number of likely N-dealkylation sites (N-methyl/N-ethyl adjacent to an activating group) is 1. The van der Waals surface area contributed by atoms with Crippen molar-refractivity contribution in [2.24, 2.45) is 0 Å². The second-order valence-electron chi connectivity index (χ2n) is 3.72.